The molecule has 12 rings (SSSR count). The Hall–Kier alpha value is -8.34. The monoisotopic (exact) mass is 804 g/mol. The highest BCUT2D eigenvalue weighted by molar-refractivity contribution is 6.12. The molecule has 0 aliphatic heterocycles. The van der Waals surface area contributed by atoms with Crippen molar-refractivity contribution in [2.24, 2.45) is 0 Å². The van der Waals surface area contributed by atoms with Crippen molar-refractivity contribution in [2.75, 3.05) is 0 Å². The highest BCUT2D eigenvalue weighted by Gasteiger charge is 2.17. The van der Waals surface area contributed by atoms with Crippen LogP contribution >= 0.6 is 0 Å². The predicted molar refractivity (Wildman–Crippen MR) is 263 cm³/mol. The molecule has 0 amide bonds. The van der Waals surface area contributed by atoms with Crippen molar-refractivity contribution in [3.63, 3.8) is 0 Å². The molecule has 0 N–H and O–H groups in total. The summed E-state index contributed by atoms with van der Waals surface area (Å²) in [6.07, 6.45) is 0. The number of aryl methyl sites for hydroxylation is 1. The van der Waals surface area contributed by atoms with Gasteiger partial charge >= 0.3 is 0 Å². The van der Waals surface area contributed by atoms with Gasteiger partial charge in [-0.2, -0.15) is 0 Å². The van der Waals surface area contributed by atoms with Gasteiger partial charge in [-0.15, -0.1) is 0 Å². The average molecular weight is 805 g/mol. The summed E-state index contributed by atoms with van der Waals surface area (Å²) in [5.41, 5.74) is 18.0. The molecule has 0 saturated carbocycles. The number of aromatic nitrogens is 4. The Kier molecular flexibility index (Phi) is 8.68. The molecule has 12 aromatic rings. The molecule has 0 saturated heterocycles. The van der Waals surface area contributed by atoms with Crippen molar-refractivity contribution < 1.29 is 0 Å². The van der Waals surface area contributed by atoms with Crippen LogP contribution in [0.15, 0.2) is 224 Å². The minimum atomic E-state index is 0.718. The van der Waals surface area contributed by atoms with E-state index in [1.54, 1.807) is 0 Å². The Morgan fingerprint density at radius 3 is 1.35 bits per heavy atom. The number of nitrogens with zero attached hydrogens (tertiary/aromatic N) is 4. The first kappa shape index (κ1) is 36.5. The summed E-state index contributed by atoms with van der Waals surface area (Å²) in [7, 11) is 0. The number of hydrogen-bond donors (Lipinski definition) is 0. The lowest BCUT2D eigenvalue weighted by Gasteiger charge is -2.13. The fourth-order valence-corrected chi connectivity index (χ4v) is 9.44. The lowest BCUT2D eigenvalue weighted by Crippen LogP contribution is -1.96. The van der Waals surface area contributed by atoms with Gasteiger partial charge in [-0.25, -0.2) is 9.97 Å². The molecule has 9 aromatic carbocycles. The average Bonchev–Trinajstić information content (AvgIpc) is 3.87. The minimum absolute atomic E-state index is 0.718. The number of rotatable bonds is 7. The second-order valence-corrected chi connectivity index (χ2v) is 16.3. The Labute approximate surface area is 365 Å². The third-order valence-corrected chi connectivity index (χ3v) is 12.5. The molecule has 0 fully saturated rings. The van der Waals surface area contributed by atoms with Gasteiger partial charge in [0.05, 0.1) is 33.5 Å². The minimum Gasteiger partial charge on any atom is -0.309 e. The quantitative estimate of drug-likeness (QED) is 0.161. The van der Waals surface area contributed by atoms with E-state index >= 15 is 0 Å². The molecule has 0 aliphatic rings. The fraction of sp³-hybridized carbons (Fsp3) is 0.0169. The standard InChI is InChI=1S/C59H40N4/c1-39-36-45(30-34-48(39)41-24-26-43(27-25-41)54-38-53(42-14-4-2-5-15-42)60-59(61-54)44-16-6-3-7-17-44)40-28-31-46(32-29-40)62-57-23-13-10-20-51(57)52-37-47(33-35-58(52)62)63-55-21-11-8-18-49(55)50-19-9-12-22-56(50)63/h2-38H,1H3. The molecule has 3 aromatic heterocycles. The molecule has 0 unspecified atom stereocenters. The molecular formula is C59H40N4. The molecule has 0 bridgehead atoms. The van der Waals surface area contributed by atoms with Gasteiger partial charge in [0.25, 0.3) is 0 Å². The van der Waals surface area contributed by atoms with E-state index < -0.39 is 0 Å². The van der Waals surface area contributed by atoms with Crippen LogP contribution in [0.3, 0.4) is 0 Å². The highest BCUT2D eigenvalue weighted by atomic mass is 15.0. The second-order valence-electron chi connectivity index (χ2n) is 16.3. The molecule has 0 radical (unpaired) electrons. The van der Waals surface area contributed by atoms with Crippen LogP contribution in [-0.4, -0.2) is 19.1 Å². The predicted octanol–water partition coefficient (Wildman–Crippen LogP) is 15.3. The van der Waals surface area contributed by atoms with E-state index in [0.717, 1.165) is 45.3 Å². The van der Waals surface area contributed by atoms with E-state index in [4.69, 9.17) is 9.97 Å². The Bertz CT molecular complexity index is 3540. The topological polar surface area (TPSA) is 35.6 Å². The van der Waals surface area contributed by atoms with Gasteiger partial charge in [-0.1, -0.05) is 170 Å². The van der Waals surface area contributed by atoms with Crippen molar-refractivity contribution >= 4 is 43.6 Å². The molecule has 296 valence electrons. The first-order valence-electron chi connectivity index (χ1n) is 21.5. The van der Waals surface area contributed by atoms with Crippen molar-refractivity contribution in [2.45, 2.75) is 6.92 Å². The number of para-hydroxylation sites is 3. The van der Waals surface area contributed by atoms with E-state index in [1.807, 2.05) is 36.4 Å². The van der Waals surface area contributed by atoms with Crippen LogP contribution in [0.2, 0.25) is 0 Å². The normalized spacial score (nSPS) is 11.6. The van der Waals surface area contributed by atoms with Crippen LogP contribution in [0.1, 0.15) is 5.56 Å². The van der Waals surface area contributed by atoms with Crippen molar-refractivity contribution in [1.82, 2.24) is 19.1 Å². The van der Waals surface area contributed by atoms with Gasteiger partial charge in [-0.3, -0.25) is 0 Å². The van der Waals surface area contributed by atoms with Crippen molar-refractivity contribution in [3.05, 3.63) is 230 Å². The zero-order valence-electron chi connectivity index (χ0n) is 34.7. The van der Waals surface area contributed by atoms with Gasteiger partial charge in [0.15, 0.2) is 5.82 Å². The van der Waals surface area contributed by atoms with Crippen molar-refractivity contribution in [3.8, 4) is 67.5 Å². The first-order valence-corrected chi connectivity index (χ1v) is 21.5. The van der Waals surface area contributed by atoms with E-state index in [-0.39, 0.29) is 0 Å². The van der Waals surface area contributed by atoms with Crippen LogP contribution in [0.25, 0.3) is 111 Å². The van der Waals surface area contributed by atoms with Gasteiger partial charge < -0.3 is 9.13 Å². The fourth-order valence-electron chi connectivity index (χ4n) is 9.44. The summed E-state index contributed by atoms with van der Waals surface area (Å²) in [6, 6.07) is 80.2. The zero-order chi connectivity index (χ0) is 41.9. The summed E-state index contributed by atoms with van der Waals surface area (Å²) < 4.78 is 4.80. The Morgan fingerprint density at radius 2 is 0.746 bits per heavy atom. The third kappa shape index (κ3) is 6.31. The molecule has 0 aliphatic carbocycles. The highest BCUT2D eigenvalue weighted by Crippen LogP contribution is 2.38. The molecule has 0 atom stereocenters. The summed E-state index contributed by atoms with van der Waals surface area (Å²) in [5, 5.41) is 5.01. The lowest BCUT2D eigenvalue weighted by molar-refractivity contribution is 1.17. The van der Waals surface area contributed by atoms with E-state index in [2.05, 4.69) is 204 Å². The van der Waals surface area contributed by atoms with Gasteiger partial charge in [-0.05, 0) is 89.3 Å². The van der Waals surface area contributed by atoms with Crippen LogP contribution in [0, 0.1) is 6.92 Å². The van der Waals surface area contributed by atoms with Crippen LogP contribution in [0.5, 0.6) is 0 Å². The molecule has 0 spiro atoms. The smallest absolute Gasteiger partial charge is 0.160 e. The van der Waals surface area contributed by atoms with Gasteiger partial charge in [0, 0.05) is 49.6 Å². The maximum absolute atomic E-state index is 5.03. The van der Waals surface area contributed by atoms with Crippen LogP contribution in [0.4, 0.5) is 0 Å². The lowest BCUT2D eigenvalue weighted by atomic mass is 9.94. The summed E-state index contributed by atoms with van der Waals surface area (Å²) >= 11 is 0. The third-order valence-electron chi connectivity index (χ3n) is 12.5. The zero-order valence-corrected chi connectivity index (χ0v) is 34.7. The van der Waals surface area contributed by atoms with E-state index in [1.165, 1.54) is 71.4 Å². The van der Waals surface area contributed by atoms with Crippen molar-refractivity contribution in [1.29, 1.82) is 0 Å². The van der Waals surface area contributed by atoms with Crippen LogP contribution in [-0.2, 0) is 0 Å². The summed E-state index contributed by atoms with van der Waals surface area (Å²) in [6.45, 7) is 2.20. The second kappa shape index (κ2) is 15.0. The molecule has 4 nitrogen and oxygen atoms in total. The first-order chi connectivity index (χ1) is 31.1. The molecule has 4 heteroatoms. The molecular weight excluding hydrogens is 765 g/mol. The van der Waals surface area contributed by atoms with Gasteiger partial charge in [0.2, 0.25) is 0 Å². The Balaban J connectivity index is 0.851. The summed E-state index contributed by atoms with van der Waals surface area (Å²) in [4.78, 5) is 10.00. The number of fused-ring (bicyclic) bond motifs is 6. The maximum Gasteiger partial charge on any atom is 0.160 e. The SMILES string of the molecule is Cc1cc(-c2ccc(-n3c4ccccc4c4cc(-n5c6ccccc6c6ccccc65)ccc43)cc2)ccc1-c1ccc(-c2cc(-c3ccccc3)nc(-c3ccccc3)n2)cc1. The Morgan fingerprint density at radius 1 is 0.302 bits per heavy atom. The van der Waals surface area contributed by atoms with E-state index in [0.29, 0.717) is 0 Å². The van der Waals surface area contributed by atoms with E-state index in [9.17, 15) is 0 Å². The largest absolute Gasteiger partial charge is 0.309 e. The van der Waals surface area contributed by atoms with Gasteiger partial charge in [0.1, 0.15) is 0 Å². The maximum atomic E-state index is 5.03. The van der Waals surface area contributed by atoms with Crippen LogP contribution < -0.4 is 0 Å². The number of benzene rings is 9. The molecule has 3 heterocycles. The molecule has 63 heavy (non-hydrogen) atoms. The summed E-state index contributed by atoms with van der Waals surface area (Å²) in [5.74, 6) is 0.718. The number of hydrogen-bond acceptors (Lipinski definition) is 2.